The van der Waals surface area contributed by atoms with Gasteiger partial charge in [0.1, 0.15) is 5.75 Å². The van der Waals surface area contributed by atoms with Crippen molar-refractivity contribution >= 4 is 34.8 Å². The van der Waals surface area contributed by atoms with Crippen molar-refractivity contribution < 1.29 is 28.6 Å². The van der Waals surface area contributed by atoms with Gasteiger partial charge < -0.3 is 24.0 Å². The fourth-order valence-corrected chi connectivity index (χ4v) is 5.87. The largest absolute Gasteiger partial charge is 0.497 e. The summed E-state index contributed by atoms with van der Waals surface area (Å²) in [4.78, 5) is 47.0. The smallest absolute Gasteiger partial charge is 0.338 e. The summed E-state index contributed by atoms with van der Waals surface area (Å²) in [6.45, 7) is 5.13. The number of rotatable bonds is 8. The number of methoxy groups -OCH3 is 2. The van der Waals surface area contributed by atoms with Gasteiger partial charge in [0.15, 0.2) is 5.17 Å². The van der Waals surface area contributed by atoms with E-state index in [-0.39, 0.29) is 24.2 Å². The fourth-order valence-electron chi connectivity index (χ4n) is 4.93. The number of benzene rings is 1. The second-order valence-electron chi connectivity index (χ2n) is 8.96. The number of nitrogens with zero attached hydrogens (tertiary/aromatic N) is 3. The number of allylic oxidation sites excluding steroid dienone is 1. The predicted octanol–water partition coefficient (Wildman–Crippen LogP) is 4.03. The van der Waals surface area contributed by atoms with Crippen molar-refractivity contribution in [1.82, 2.24) is 9.80 Å². The molecule has 1 atom stereocenters. The van der Waals surface area contributed by atoms with Gasteiger partial charge in [-0.05, 0) is 49.3 Å². The standard InChI is InChI=1S/C27H33N3O6S/c1-5-21-23(26(33)35-4)24(18-8-7-9-20(14-18)34-3)30-19(16-37-27(30)28-21)15-22(31)29-12-10-17(11-13-29)25(32)36-6-2/h7-9,14,16-17,24H,5-6,10-13,15H2,1-4H3. The number of piperidine rings is 1. The Morgan fingerprint density at radius 3 is 2.54 bits per heavy atom. The summed E-state index contributed by atoms with van der Waals surface area (Å²) >= 11 is 1.45. The number of amides is 1. The summed E-state index contributed by atoms with van der Waals surface area (Å²) in [5.41, 5.74) is 2.73. The third kappa shape index (κ3) is 5.53. The zero-order valence-electron chi connectivity index (χ0n) is 21.7. The fraction of sp³-hybridized carbons (Fsp3) is 0.481. The molecule has 1 aromatic rings. The number of amidine groups is 1. The highest BCUT2D eigenvalue weighted by Gasteiger charge is 2.42. The summed E-state index contributed by atoms with van der Waals surface area (Å²) in [6, 6.07) is 7.06. The Morgan fingerprint density at radius 1 is 1.14 bits per heavy atom. The molecule has 0 N–H and O–H groups in total. The van der Waals surface area contributed by atoms with Crippen molar-refractivity contribution in [3.63, 3.8) is 0 Å². The van der Waals surface area contributed by atoms with Gasteiger partial charge in [-0.3, -0.25) is 9.59 Å². The third-order valence-electron chi connectivity index (χ3n) is 6.84. The zero-order chi connectivity index (χ0) is 26.5. The molecule has 0 aliphatic carbocycles. The molecular weight excluding hydrogens is 494 g/mol. The minimum absolute atomic E-state index is 0.0234. The number of ether oxygens (including phenoxy) is 3. The highest BCUT2D eigenvalue weighted by atomic mass is 32.2. The topological polar surface area (TPSA) is 97.7 Å². The van der Waals surface area contributed by atoms with Crippen LogP contribution in [0.3, 0.4) is 0 Å². The van der Waals surface area contributed by atoms with Crippen LogP contribution in [0.4, 0.5) is 0 Å². The Labute approximate surface area is 221 Å². The van der Waals surface area contributed by atoms with Gasteiger partial charge in [0.2, 0.25) is 5.91 Å². The number of likely N-dealkylation sites (tertiary alicyclic amines) is 1. The normalized spacial score (nSPS) is 19.7. The number of carbonyl (C=O) groups is 3. The van der Waals surface area contributed by atoms with Crippen molar-refractivity contribution in [2.75, 3.05) is 33.9 Å². The van der Waals surface area contributed by atoms with E-state index in [4.69, 9.17) is 19.2 Å². The first-order valence-corrected chi connectivity index (χ1v) is 13.4. The van der Waals surface area contributed by atoms with Crippen LogP contribution in [0, 0.1) is 5.92 Å². The van der Waals surface area contributed by atoms with Crippen LogP contribution in [-0.2, 0) is 23.9 Å². The van der Waals surface area contributed by atoms with Crippen molar-refractivity contribution in [2.45, 2.75) is 45.6 Å². The van der Waals surface area contributed by atoms with Crippen LogP contribution in [0.15, 0.2) is 51.6 Å². The number of hydrogen-bond donors (Lipinski definition) is 0. The van der Waals surface area contributed by atoms with Gasteiger partial charge in [0.05, 0.1) is 50.5 Å². The first-order valence-electron chi connectivity index (χ1n) is 12.5. The van der Waals surface area contributed by atoms with Crippen molar-refractivity contribution in [2.24, 2.45) is 10.9 Å². The molecule has 1 unspecified atom stereocenters. The molecule has 37 heavy (non-hydrogen) atoms. The number of aliphatic imine (C=N–C) groups is 1. The molecule has 0 spiro atoms. The van der Waals surface area contributed by atoms with Gasteiger partial charge in [0.25, 0.3) is 0 Å². The Kier molecular flexibility index (Phi) is 8.58. The maximum atomic E-state index is 13.3. The van der Waals surface area contributed by atoms with E-state index in [2.05, 4.69) is 0 Å². The zero-order valence-corrected chi connectivity index (χ0v) is 22.5. The third-order valence-corrected chi connectivity index (χ3v) is 7.73. The molecule has 1 amide bonds. The molecule has 198 valence electrons. The molecule has 9 nitrogen and oxygen atoms in total. The van der Waals surface area contributed by atoms with Crippen molar-refractivity contribution in [1.29, 1.82) is 0 Å². The maximum Gasteiger partial charge on any atom is 0.338 e. The van der Waals surface area contributed by atoms with E-state index in [1.54, 1.807) is 18.9 Å². The minimum Gasteiger partial charge on any atom is -0.497 e. The van der Waals surface area contributed by atoms with E-state index < -0.39 is 12.0 Å². The van der Waals surface area contributed by atoms with Crippen molar-refractivity contribution in [3.05, 3.63) is 52.2 Å². The molecule has 3 aliphatic rings. The number of carbonyl (C=O) groups excluding carboxylic acids is 3. The van der Waals surface area contributed by atoms with Gasteiger partial charge in [0, 0.05) is 18.8 Å². The first kappa shape index (κ1) is 26.8. The van der Waals surface area contributed by atoms with Crippen molar-refractivity contribution in [3.8, 4) is 5.75 Å². The Hall–Kier alpha value is -3.27. The molecule has 1 fully saturated rings. The summed E-state index contributed by atoms with van der Waals surface area (Å²) in [6.07, 6.45) is 1.91. The van der Waals surface area contributed by atoms with Gasteiger partial charge >= 0.3 is 11.9 Å². The van der Waals surface area contributed by atoms with E-state index in [0.29, 0.717) is 56.0 Å². The summed E-state index contributed by atoms with van der Waals surface area (Å²) in [7, 11) is 2.96. The molecule has 3 aliphatic heterocycles. The van der Waals surface area contributed by atoms with Crippen LogP contribution < -0.4 is 4.74 Å². The van der Waals surface area contributed by atoms with Gasteiger partial charge in [-0.2, -0.15) is 0 Å². The molecule has 1 aromatic carbocycles. The van der Waals surface area contributed by atoms with E-state index in [0.717, 1.165) is 16.4 Å². The monoisotopic (exact) mass is 527 g/mol. The number of fused-ring (bicyclic) bond motifs is 1. The lowest BCUT2D eigenvalue weighted by molar-refractivity contribution is -0.151. The Bertz CT molecular complexity index is 1150. The highest BCUT2D eigenvalue weighted by Crippen LogP contribution is 2.46. The Balaban J connectivity index is 1.59. The first-order chi connectivity index (χ1) is 17.9. The van der Waals surface area contributed by atoms with Crippen LogP contribution in [-0.4, -0.2) is 66.7 Å². The quantitative estimate of drug-likeness (QED) is 0.468. The minimum atomic E-state index is -0.506. The van der Waals surface area contributed by atoms with Crippen LogP contribution in [0.1, 0.15) is 51.1 Å². The lowest BCUT2D eigenvalue weighted by Crippen LogP contribution is -2.42. The molecule has 0 bridgehead atoms. The van der Waals surface area contributed by atoms with E-state index in [9.17, 15) is 14.4 Å². The van der Waals surface area contributed by atoms with Crippen LogP contribution in [0.5, 0.6) is 5.75 Å². The number of esters is 2. The molecular formula is C27H33N3O6S. The lowest BCUT2D eigenvalue weighted by Gasteiger charge is -2.37. The summed E-state index contributed by atoms with van der Waals surface area (Å²) in [5, 5.41) is 2.66. The predicted molar refractivity (Wildman–Crippen MR) is 141 cm³/mol. The second kappa shape index (κ2) is 11.9. The van der Waals surface area contributed by atoms with Gasteiger partial charge in [-0.25, -0.2) is 9.79 Å². The van der Waals surface area contributed by atoms with E-state index in [1.807, 2.05) is 41.5 Å². The molecule has 0 saturated carbocycles. The van der Waals surface area contributed by atoms with Gasteiger partial charge in [-0.1, -0.05) is 30.8 Å². The summed E-state index contributed by atoms with van der Waals surface area (Å²) < 4.78 is 15.8. The number of thioether (sulfide) groups is 1. The Morgan fingerprint density at radius 2 is 1.89 bits per heavy atom. The second-order valence-corrected chi connectivity index (χ2v) is 9.80. The molecule has 3 heterocycles. The molecule has 1 saturated heterocycles. The SMILES string of the molecule is CCOC(=O)C1CCN(C(=O)CC2=CSC3=NC(CC)=C(C(=O)OC)C(c4cccc(OC)c4)N23)CC1. The highest BCUT2D eigenvalue weighted by molar-refractivity contribution is 8.16. The number of hydrogen-bond acceptors (Lipinski definition) is 9. The molecule has 10 heteroatoms. The van der Waals surface area contributed by atoms with Crippen LogP contribution in [0.25, 0.3) is 0 Å². The molecule has 0 aromatic heterocycles. The van der Waals surface area contributed by atoms with Gasteiger partial charge in [-0.15, -0.1) is 0 Å². The van der Waals surface area contributed by atoms with E-state index in [1.165, 1.54) is 18.9 Å². The maximum absolute atomic E-state index is 13.3. The molecule has 4 rings (SSSR count). The van der Waals surface area contributed by atoms with Crippen LogP contribution in [0.2, 0.25) is 0 Å². The van der Waals surface area contributed by atoms with E-state index >= 15 is 0 Å². The summed E-state index contributed by atoms with van der Waals surface area (Å²) in [5.74, 6) is -0.153. The molecule has 0 radical (unpaired) electrons. The van der Waals surface area contributed by atoms with Crippen LogP contribution >= 0.6 is 11.8 Å². The average Bonchev–Trinajstić information content (AvgIpc) is 3.33. The lowest BCUT2D eigenvalue weighted by atomic mass is 9.92. The average molecular weight is 528 g/mol.